The molecule has 0 unspecified atom stereocenters. The number of rotatable bonds is 7. The van der Waals surface area contributed by atoms with E-state index in [2.05, 4.69) is 16.6 Å². The van der Waals surface area contributed by atoms with Gasteiger partial charge in [-0.15, -0.1) is 6.42 Å². The molecule has 28 heavy (non-hydrogen) atoms. The van der Waals surface area contributed by atoms with Crippen molar-refractivity contribution in [2.45, 2.75) is 71.2 Å². The Bertz CT molecular complexity index is 649. The molecule has 0 saturated carbocycles. The molecule has 9 nitrogen and oxygen atoms in total. The van der Waals surface area contributed by atoms with E-state index < -0.39 is 35.7 Å². The van der Waals surface area contributed by atoms with E-state index >= 15 is 0 Å². The number of hydrogen-bond acceptors (Lipinski definition) is 6. The Morgan fingerprint density at radius 2 is 2.00 bits per heavy atom. The number of carbonyl (C=O) groups excluding carboxylic acids is 4. The zero-order chi connectivity index (χ0) is 21.5. The van der Waals surface area contributed by atoms with Crippen LogP contribution in [-0.4, -0.2) is 65.7 Å². The predicted octanol–water partition coefficient (Wildman–Crippen LogP) is 0.572. The zero-order valence-electron chi connectivity index (χ0n) is 17.0. The maximum Gasteiger partial charge on any atom is 0.408 e. The Hall–Kier alpha value is -2.76. The van der Waals surface area contributed by atoms with Crippen molar-refractivity contribution in [2.75, 3.05) is 13.2 Å². The van der Waals surface area contributed by atoms with Crippen molar-refractivity contribution in [3.63, 3.8) is 0 Å². The van der Waals surface area contributed by atoms with Crippen molar-refractivity contribution in [1.82, 2.24) is 15.5 Å². The predicted molar refractivity (Wildman–Crippen MR) is 101 cm³/mol. The number of esters is 1. The van der Waals surface area contributed by atoms with Crippen LogP contribution in [0.3, 0.4) is 0 Å². The van der Waals surface area contributed by atoms with Crippen LogP contribution in [0.2, 0.25) is 0 Å². The van der Waals surface area contributed by atoms with Crippen LogP contribution >= 0.6 is 0 Å². The van der Waals surface area contributed by atoms with Gasteiger partial charge >= 0.3 is 12.1 Å². The first-order valence-electron chi connectivity index (χ1n) is 9.18. The number of alkyl carbamates (subject to hydrolysis) is 1. The van der Waals surface area contributed by atoms with Crippen LogP contribution in [0.5, 0.6) is 0 Å². The molecule has 3 amide bonds. The first-order valence-corrected chi connectivity index (χ1v) is 9.18. The van der Waals surface area contributed by atoms with Crippen molar-refractivity contribution < 1.29 is 28.7 Å². The fourth-order valence-electron chi connectivity index (χ4n) is 2.72. The molecule has 3 atom stereocenters. The van der Waals surface area contributed by atoms with E-state index in [0.717, 1.165) is 0 Å². The average molecular weight is 395 g/mol. The quantitative estimate of drug-likeness (QED) is 0.481. The summed E-state index contributed by atoms with van der Waals surface area (Å²) in [5.74, 6) is 0.927. The van der Waals surface area contributed by atoms with Gasteiger partial charge in [0.15, 0.2) is 0 Å². The number of carbonyl (C=O) groups is 4. The van der Waals surface area contributed by atoms with E-state index in [0.29, 0.717) is 6.42 Å². The molecule has 1 heterocycles. The van der Waals surface area contributed by atoms with E-state index in [-0.39, 0.29) is 31.5 Å². The van der Waals surface area contributed by atoms with Gasteiger partial charge in [-0.2, -0.15) is 0 Å². The smallest absolute Gasteiger partial charge is 0.408 e. The first-order chi connectivity index (χ1) is 13.0. The zero-order valence-corrected chi connectivity index (χ0v) is 17.0. The lowest BCUT2D eigenvalue weighted by atomic mass is 10.2. The van der Waals surface area contributed by atoms with Gasteiger partial charge in [0.25, 0.3) is 0 Å². The minimum Gasteiger partial charge on any atom is -0.466 e. The fourth-order valence-corrected chi connectivity index (χ4v) is 2.72. The van der Waals surface area contributed by atoms with Crippen molar-refractivity contribution in [3.05, 3.63) is 0 Å². The SMILES string of the molecule is C#C[C@H](CC(=O)OCC)NC(=O)CN1C(=O)[C@@H](NC(=O)OC(C)(C)C)C[C@H]1C. The van der Waals surface area contributed by atoms with Gasteiger partial charge in [-0.1, -0.05) is 5.92 Å². The molecule has 2 N–H and O–H groups in total. The highest BCUT2D eigenvalue weighted by atomic mass is 16.6. The molecule has 1 rings (SSSR count). The second kappa shape index (κ2) is 9.97. The third-order valence-electron chi connectivity index (χ3n) is 3.91. The van der Waals surface area contributed by atoms with E-state index in [1.165, 1.54) is 4.90 Å². The summed E-state index contributed by atoms with van der Waals surface area (Å²) in [5, 5.41) is 5.06. The summed E-state index contributed by atoms with van der Waals surface area (Å²) < 4.78 is 9.96. The summed E-state index contributed by atoms with van der Waals surface area (Å²) in [7, 11) is 0. The van der Waals surface area contributed by atoms with E-state index in [1.54, 1.807) is 34.6 Å². The molecular formula is C19H29N3O6. The van der Waals surface area contributed by atoms with Gasteiger partial charge in [-0.3, -0.25) is 14.4 Å². The monoisotopic (exact) mass is 395 g/mol. The lowest BCUT2D eigenvalue weighted by Gasteiger charge is -2.23. The van der Waals surface area contributed by atoms with Crippen LogP contribution in [0, 0.1) is 12.3 Å². The Morgan fingerprint density at radius 1 is 1.36 bits per heavy atom. The highest BCUT2D eigenvalue weighted by Crippen LogP contribution is 2.19. The largest absolute Gasteiger partial charge is 0.466 e. The Labute approximate surface area is 165 Å². The van der Waals surface area contributed by atoms with E-state index in [1.807, 2.05) is 0 Å². The summed E-state index contributed by atoms with van der Waals surface area (Å²) >= 11 is 0. The Morgan fingerprint density at radius 3 is 2.54 bits per heavy atom. The standard InChI is InChI=1S/C19H29N3O6/c1-7-13(10-16(24)27-8-2)20-15(23)11-22-12(3)9-14(17(22)25)21-18(26)28-19(4,5)6/h1,12-14H,8-11H2,2-6H3,(H,20,23)(H,21,26)/t12-,13-,14+/m1/s1. The summed E-state index contributed by atoms with van der Waals surface area (Å²) in [4.78, 5) is 49.5. The normalized spacial score (nSPS) is 20.1. The maximum absolute atomic E-state index is 12.5. The molecule has 1 aliphatic heterocycles. The van der Waals surface area contributed by atoms with Crippen molar-refractivity contribution in [3.8, 4) is 12.3 Å². The van der Waals surface area contributed by atoms with Crippen LogP contribution in [0.25, 0.3) is 0 Å². The Balaban J connectivity index is 2.60. The molecule has 0 aromatic carbocycles. The molecule has 1 aliphatic rings. The summed E-state index contributed by atoms with van der Waals surface area (Å²) in [5.41, 5.74) is -0.680. The minimum atomic E-state index is -0.824. The lowest BCUT2D eigenvalue weighted by Crippen LogP contribution is -2.47. The molecule has 9 heteroatoms. The highest BCUT2D eigenvalue weighted by molar-refractivity contribution is 5.91. The summed E-state index contributed by atoms with van der Waals surface area (Å²) in [6.45, 7) is 8.60. The number of likely N-dealkylation sites (tertiary alicyclic amines) is 1. The average Bonchev–Trinajstić information content (AvgIpc) is 2.80. The molecule has 0 bridgehead atoms. The number of nitrogens with zero attached hydrogens (tertiary/aromatic N) is 1. The van der Waals surface area contributed by atoms with Gasteiger partial charge in [0.2, 0.25) is 11.8 Å². The third kappa shape index (κ3) is 7.47. The van der Waals surface area contributed by atoms with Gasteiger partial charge in [0.05, 0.1) is 19.6 Å². The van der Waals surface area contributed by atoms with Gasteiger partial charge in [-0.25, -0.2) is 4.79 Å². The first kappa shape index (κ1) is 23.3. The minimum absolute atomic E-state index is 0.150. The summed E-state index contributed by atoms with van der Waals surface area (Å²) in [6.07, 6.45) is 4.86. The van der Waals surface area contributed by atoms with Gasteiger partial charge in [-0.05, 0) is 41.0 Å². The van der Waals surface area contributed by atoms with Crippen molar-refractivity contribution >= 4 is 23.9 Å². The fraction of sp³-hybridized carbons (Fsp3) is 0.684. The van der Waals surface area contributed by atoms with Crippen LogP contribution in [-0.2, 0) is 23.9 Å². The third-order valence-corrected chi connectivity index (χ3v) is 3.91. The van der Waals surface area contributed by atoms with E-state index in [9.17, 15) is 19.2 Å². The second-order valence-electron chi connectivity index (χ2n) is 7.55. The summed E-state index contributed by atoms with van der Waals surface area (Å²) in [6, 6.07) is -1.84. The molecular weight excluding hydrogens is 366 g/mol. The highest BCUT2D eigenvalue weighted by Gasteiger charge is 2.39. The molecule has 0 radical (unpaired) electrons. The number of terminal acetylenes is 1. The van der Waals surface area contributed by atoms with Gasteiger partial charge in [0.1, 0.15) is 17.7 Å². The van der Waals surface area contributed by atoms with Gasteiger partial charge in [0, 0.05) is 6.04 Å². The molecule has 1 saturated heterocycles. The number of ether oxygens (including phenoxy) is 2. The van der Waals surface area contributed by atoms with E-state index in [4.69, 9.17) is 15.9 Å². The van der Waals surface area contributed by atoms with Crippen LogP contribution in [0.1, 0.15) is 47.5 Å². The van der Waals surface area contributed by atoms with Crippen LogP contribution < -0.4 is 10.6 Å². The maximum atomic E-state index is 12.5. The number of hydrogen-bond donors (Lipinski definition) is 2. The topological polar surface area (TPSA) is 114 Å². The Kier molecular flexibility index (Phi) is 8.29. The molecule has 0 aromatic heterocycles. The van der Waals surface area contributed by atoms with Crippen LogP contribution in [0.4, 0.5) is 4.79 Å². The molecule has 0 aliphatic carbocycles. The molecule has 0 aromatic rings. The van der Waals surface area contributed by atoms with Crippen LogP contribution in [0.15, 0.2) is 0 Å². The van der Waals surface area contributed by atoms with Crippen molar-refractivity contribution in [2.24, 2.45) is 0 Å². The molecule has 0 spiro atoms. The molecule has 156 valence electrons. The number of nitrogens with one attached hydrogen (secondary N) is 2. The lowest BCUT2D eigenvalue weighted by molar-refractivity contribution is -0.143. The number of amides is 3. The second-order valence-corrected chi connectivity index (χ2v) is 7.55. The van der Waals surface area contributed by atoms with Gasteiger partial charge < -0.3 is 25.0 Å². The van der Waals surface area contributed by atoms with Crippen molar-refractivity contribution in [1.29, 1.82) is 0 Å². The molecule has 1 fully saturated rings.